The normalized spacial score (nSPS) is 20.5. The van der Waals surface area contributed by atoms with Gasteiger partial charge in [0, 0.05) is 5.56 Å². The summed E-state index contributed by atoms with van der Waals surface area (Å²) < 4.78 is 47.2. The Bertz CT molecular complexity index is 704. The van der Waals surface area contributed by atoms with Crippen molar-refractivity contribution in [1.82, 2.24) is 0 Å². The Labute approximate surface area is 146 Å². The highest BCUT2D eigenvalue weighted by molar-refractivity contribution is 5.65. The summed E-state index contributed by atoms with van der Waals surface area (Å²) in [6, 6.07) is 8.25. The summed E-state index contributed by atoms with van der Waals surface area (Å²) in [6.45, 7) is 2.63. The van der Waals surface area contributed by atoms with Gasteiger partial charge < -0.3 is 4.74 Å². The topological polar surface area (TPSA) is 9.23 Å². The molecule has 4 heteroatoms. The van der Waals surface area contributed by atoms with E-state index in [1.807, 2.05) is 0 Å². The van der Waals surface area contributed by atoms with E-state index in [-0.39, 0.29) is 11.3 Å². The van der Waals surface area contributed by atoms with Gasteiger partial charge in [0.1, 0.15) is 5.82 Å². The van der Waals surface area contributed by atoms with Crippen LogP contribution in [-0.2, 0) is 0 Å². The minimum Gasteiger partial charge on any atom is -0.490 e. The van der Waals surface area contributed by atoms with Crippen LogP contribution in [0.2, 0.25) is 0 Å². The van der Waals surface area contributed by atoms with Crippen molar-refractivity contribution < 1.29 is 17.9 Å². The summed E-state index contributed by atoms with van der Waals surface area (Å²) >= 11 is 0. The summed E-state index contributed by atoms with van der Waals surface area (Å²) in [5.41, 5.74) is 0.538. The summed E-state index contributed by atoms with van der Waals surface area (Å²) in [7, 11) is 0. The SMILES string of the molecule is CCC1CCC(COc2ccc(-c3ccc(F)cc3)c(F)c2F)CC1. The van der Waals surface area contributed by atoms with E-state index in [1.54, 1.807) is 0 Å². The summed E-state index contributed by atoms with van der Waals surface area (Å²) in [5, 5.41) is 0. The second kappa shape index (κ2) is 7.94. The second-order valence-electron chi connectivity index (χ2n) is 6.85. The molecule has 0 N–H and O–H groups in total. The molecule has 2 aromatic carbocycles. The Morgan fingerprint density at radius 2 is 1.48 bits per heavy atom. The van der Waals surface area contributed by atoms with Gasteiger partial charge in [-0.05, 0) is 54.5 Å². The van der Waals surface area contributed by atoms with Crippen LogP contribution < -0.4 is 4.74 Å². The molecule has 2 aromatic rings. The molecule has 0 unspecified atom stereocenters. The highest BCUT2D eigenvalue weighted by Gasteiger charge is 2.22. The van der Waals surface area contributed by atoms with Crippen LogP contribution >= 0.6 is 0 Å². The lowest BCUT2D eigenvalue weighted by Gasteiger charge is -2.27. The van der Waals surface area contributed by atoms with Crippen LogP contribution in [0.15, 0.2) is 36.4 Å². The predicted molar refractivity (Wildman–Crippen MR) is 93.0 cm³/mol. The van der Waals surface area contributed by atoms with Gasteiger partial charge in [0.2, 0.25) is 5.82 Å². The Hall–Kier alpha value is -1.97. The zero-order chi connectivity index (χ0) is 17.8. The molecule has 0 radical (unpaired) electrons. The molecule has 0 aromatic heterocycles. The Morgan fingerprint density at radius 1 is 0.840 bits per heavy atom. The molecule has 25 heavy (non-hydrogen) atoms. The number of halogens is 3. The van der Waals surface area contributed by atoms with Gasteiger partial charge in [-0.25, -0.2) is 8.78 Å². The molecule has 134 valence electrons. The van der Waals surface area contributed by atoms with Crippen molar-refractivity contribution in [2.24, 2.45) is 11.8 Å². The number of hydrogen-bond donors (Lipinski definition) is 0. The van der Waals surface area contributed by atoms with E-state index in [0.717, 1.165) is 18.8 Å². The molecular weight excluding hydrogens is 325 g/mol. The smallest absolute Gasteiger partial charge is 0.201 e. The highest BCUT2D eigenvalue weighted by Crippen LogP contribution is 2.33. The molecule has 0 atom stereocenters. The molecular formula is C21H23F3O. The zero-order valence-corrected chi connectivity index (χ0v) is 14.4. The van der Waals surface area contributed by atoms with Crippen LogP contribution in [0.5, 0.6) is 5.75 Å². The molecule has 1 saturated carbocycles. The maximum atomic E-state index is 14.4. The monoisotopic (exact) mass is 348 g/mol. The number of rotatable bonds is 5. The minimum atomic E-state index is -0.982. The molecule has 1 aliphatic rings. The molecule has 0 bridgehead atoms. The third-order valence-corrected chi connectivity index (χ3v) is 5.22. The van der Waals surface area contributed by atoms with E-state index < -0.39 is 17.5 Å². The number of hydrogen-bond acceptors (Lipinski definition) is 1. The molecule has 1 nitrogen and oxygen atoms in total. The van der Waals surface area contributed by atoms with Gasteiger partial charge in [0.25, 0.3) is 0 Å². The van der Waals surface area contributed by atoms with E-state index in [1.165, 1.54) is 55.7 Å². The minimum absolute atomic E-state index is 0.0547. The van der Waals surface area contributed by atoms with Crippen LogP contribution in [0.3, 0.4) is 0 Å². The molecule has 0 aliphatic heterocycles. The van der Waals surface area contributed by atoms with Gasteiger partial charge in [0.05, 0.1) is 6.61 Å². The first-order valence-corrected chi connectivity index (χ1v) is 8.95. The van der Waals surface area contributed by atoms with Crippen molar-refractivity contribution >= 4 is 0 Å². The average Bonchev–Trinajstić information content (AvgIpc) is 2.64. The summed E-state index contributed by atoms with van der Waals surface area (Å²) in [5.74, 6) is -1.21. The van der Waals surface area contributed by atoms with Gasteiger partial charge in [-0.3, -0.25) is 0 Å². The van der Waals surface area contributed by atoms with Crippen molar-refractivity contribution in [3.63, 3.8) is 0 Å². The first kappa shape index (κ1) is 17.8. The first-order chi connectivity index (χ1) is 12.1. The molecule has 1 aliphatic carbocycles. The van der Waals surface area contributed by atoms with Crippen LogP contribution in [0.4, 0.5) is 13.2 Å². The lowest BCUT2D eigenvalue weighted by Crippen LogP contribution is -2.20. The molecule has 0 saturated heterocycles. The van der Waals surface area contributed by atoms with Gasteiger partial charge >= 0.3 is 0 Å². The van der Waals surface area contributed by atoms with Crippen molar-refractivity contribution in [3.05, 3.63) is 53.8 Å². The van der Waals surface area contributed by atoms with Gasteiger partial charge in [0.15, 0.2) is 11.6 Å². The molecule has 0 amide bonds. The van der Waals surface area contributed by atoms with Gasteiger partial charge in [-0.15, -0.1) is 0 Å². The Balaban J connectivity index is 1.67. The fourth-order valence-electron chi connectivity index (χ4n) is 3.51. The third kappa shape index (κ3) is 4.17. The van der Waals surface area contributed by atoms with Crippen molar-refractivity contribution in [2.75, 3.05) is 6.61 Å². The van der Waals surface area contributed by atoms with Crippen molar-refractivity contribution in [1.29, 1.82) is 0 Å². The lowest BCUT2D eigenvalue weighted by atomic mass is 9.81. The van der Waals surface area contributed by atoms with Crippen LogP contribution in [0, 0.1) is 29.3 Å². The largest absolute Gasteiger partial charge is 0.490 e. The number of ether oxygens (including phenoxy) is 1. The molecule has 3 rings (SSSR count). The molecule has 0 spiro atoms. The molecule has 0 heterocycles. The standard InChI is InChI=1S/C21H23F3O/c1-2-14-3-5-15(6-4-14)13-25-19-12-11-18(20(23)21(19)24)16-7-9-17(22)10-8-16/h7-12,14-15H,2-6,13H2,1H3. The first-order valence-electron chi connectivity index (χ1n) is 8.95. The zero-order valence-electron chi connectivity index (χ0n) is 14.4. The fraction of sp³-hybridized carbons (Fsp3) is 0.429. The van der Waals surface area contributed by atoms with E-state index in [0.29, 0.717) is 18.1 Å². The fourth-order valence-corrected chi connectivity index (χ4v) is 3.51. The summed E-state index contributed by atoms with van der Waals surface area (Å²) in [4.78, 5) is 0. The van der Waals surface area contributed by atoms with E-state index in [4.69, 9.17) is 4.74 Å². The lowest BCUT2D eigenvalue weighted by molar-refractivity contribution is 0.175. The van der Waals surface area contributed by atoms with Crippen LogP contribution in [0.25, 0.3) is 11.1 Å². The van der Waals surface area contributed by atoms with Gasteiger partial charge in [-0.1, -0.05) is 38.3 Å². The van der Waals surface area contributed by atoms with Crippen molar-refractivity contribution in [3.8, 4) is 16.9 Å². The quantitative estimate of drug-likeness (QED) is 0.610. The Morgan fingerprint density at radius 3 is 2.12 bits per heavy atom. The summed E-state index contributed by atoms with van der Waals surface area (Å²) in [6.07, 6.45) is 5.74. The average molecular weight is 348 g/mol. The van der Waals surface area contributed by atoms with E-state index in [2.05, 4.69) is 6.92 Å². The third-order valence-electron chi connectivity index (χ3n) is 5.22. The maximum absolute atomic E-state index is 14.4. The highest BCUT2D eigenvalue weighted by atomic mass is 19.2. The van der Waals surface area contributed by atoms with Gasteiger partial charge in [-0.2, -0.15) is 4.39 Å². The van der Waals surface area contributed by atoms with Crippen LogP contribution in [0.1, 0.15) is 39.0 Å². The van der Waals surface area contributed by atoms with Crippen molar-refractivity contribution in [2.45, 2.75) is 39.0 Å². The molecule has 1 fully saturated rings. The van der Waals surface area contributed by atoms with E-state index >= 15 is 0 Å². The second-order valence-corrected chi connectivity index (χ2v) is 6.85. The van der Waals surface area contributed by atoms with E-state index in [9.17, 15) is 13.2 Å². The van der Waals surface area contributed by atoms with Crippen LogP contribution in [-0.4, -0.2) is 6.61 Å². The number of benzene rings is 2. The maximum Gasteiger partial charge on any atom is 0.201 e. The Kier molecular flexibility index (Phi) is 5.67. The predicted octanol–water partition coefficient (Wildman–Crippen LogP) is 6.37.